The Morgan fingerprint density at radius 3 is 2.27 bits per heavy atom. The standard InChI is InChI=1S/C23H33N5O5/c1-5-12(2)19(22(31)26-14(4)23(32)33)28-21(30)18(27-20(29)13(3)24)10-15-11-25-17-9-7-6-8-16(15)17/h6-9,11-14,18-19,25H,5,10,24H2,1-4H3,(H,26,31)(H,27,29)(H,28,30)(H,32,33). The molecule has 1 aromatic heterocycles. The molecule has 0 radical (unpaired) electrons. The van der Waals surface area contributed by atoms with E-state index >= 15 is 0 Å². The predicted molar refractivity (Wildman–Crippen MR) is 124 cm³/mol. The molecule has 1 aromatic carbocycles. The molecule has 10 nitrogen and oxygen atoms in total. The molecule has 0 bridgehead atoms. The van der Waals surface area contributed by atoms with E-state index in [4.69, 9.17) is 10.8 Å². The van der Waals surface area contributed by atoms with Crippen LogP contribution in [0.5, 0.6) is 0 Å². The Bertz CT molecular complexity index is 1000. The third-order valence-corrected chi connectivity index (χ3v) is 5.67. The number of para-hydroxylation sites is 1. The van der Waals surface area contributed by atoms with E-state index in [1.54, 1.807) is 13.1 Å². The van der Waals surface area contributed by atoms with Crippen LogP contribution in [-0.2, 0) is 25.6 Å². The van der Waals surface area contributed by atoms with Gasteiger partial charge in [0.25, 0.3) is 0 Å². The summed E-state index contributed by atoms with van der Waals surface area (Å²) in [6.45, 7) is 6.50. The summed E-state index contributed by atoms with van der Waals surface area (Å²) in [5.41, 5.74) is 7.39. The van der Waals surface area contributed by atoms with Crippen LogP contribution < -0.4 is 21.7 Å². The van der Waals surface area contributed by atoms with E-state index in [1.165, 1.54) is 13.8 Å². The molecule has 0 spiro atoms. The highest BCUT2D eigenvalue weighted by Gasteiger charge is 2.32. The smallest absolute Gasteiger partial charge is 0.325 e. The van der Waals surface area contributed by atoms with Gasteiger partial charge >= 0.3 is 5.97 Å². The summed E-state index contributed by atoms with van der Waals surface area (Å²) >= 11 is 0. The number of carboxylic acids is 1. The van der Waals surface area contributed by atoms with Gasteiger partial charge in [0.05, 0.1) is 6.04 Å². The number of nitrogens with two attached hydrogens (primary N) is 1. The van der Waals surface area contributed by atoms with E-state index in [2.05, 4.69) is 20.9 Å². The van der Waals surface area contributed by atoms with Gasteiger partial charge in [0.2, 0.25) is 17.7 Å². The zero-order valence-corrected chi connectivity index (χ0v) is 19.3. The van der Waals surface area contributed by atoms with Crippen LogP contribution >= 0.6 is 0 Å². The van der Waals surface area contributed by atoms with E-state index in [9.17, 15) is 19.2 Å². The fourth-order valence-corrected chi connectivity index (χ4v) is 3.35. The molecule has 180 valence electrons. The largest absolute Gasteiger partial charge is 0.480 e. The molecule has 10 heteroatoms. The number of hydrogen-bond acceptors (Lipinski definition) is 5. The lowest BCUT2D eigenvalue weighted by atomic mass is 9.96. The first-order chi connectivity index (χ1) is 15.5. The van der Waals surface area contributed by atoms with Gasteiger partial charge in [0.1, 0.15) is 18.1 Å². The van der Waals surface area contributed by atoms with Crippen molar-refractivity contribution in [1.82, 2.24) is 20.9 Å². The Hall–Kier alpha value is -3.40. The van der Waals surface area contributed by atoms with Gasteiger partial charge in [0, 0.05) is 23.5 Å². The maximum Gasteiger partial charge on any atom is 0.325 e. The molecule has 3 amide bonds. The van der Waals surface area contributed by atoms with Crippen molar-refractivity contribution in [3.63, 3.8) is 0 Å². The molecule has 0 fully saturated rings. The van der Waals surface area contributed by atoms with Gasteiger partial charge in [-0.3, -0.25) is 19.2 Å². The summed E-state index contributed by atoms with van der Waals surface area (Å²) < 4.78 is 0. The molecule has 5 atom stereocenters. The third-order valence-electron chi connectivity index (χ3n) is 5.67. The van der Waals surface area contributed by atoms with Crippen molar-refractivity contribution in [2.75, 3.05) is 0 Å². The van der Waals surface area contributed by atoms with Crippen LogP contribution in [0.3, 0.4) is 0 Å². The normalized spacial score (nSPS) is 15.7. The highest BCUT2D eigenvalue weighted by atomic mass is 16.4. The number of aromatic amines is 1. The first-order valence-electron chi connectivity index (χ1n) is 11.0. The minimum absolute atomic E-state index is 0.175. The van der Waals surface area contributed by atoms with Crippen LogP contribution in [-0.4, -0.2) is 57.9 Å². The van der Waals surface area contributed by atoms with Crippen LogP contribution in [0.2, 0.25) is 0 Å². The Morgan fingerprint density at radius 1 is 1.00 bits per heavy atom. The lowest BCUT2D eigenvalue weighted by molar-refractivity contribution is -0.142. The van der Waals surface area contributed by atoms with Gasteiger partial charge in [-0.25, -0.2) is 0 Å². The lowest BCUT2D eigenvalue weighted by Gasteiger charge is -2.27. The third kappa shape index (κ3) is 6.79. The zero-order chi connectivity index (χ0) is 24.7. The van der Waals surface area contributed by atoms with Crippen LogP contribution in [0.4, 0.5) is 0 Å². The molecular weight excluding hydrogens is 426 g/mol. The van der Waals surface area contributed by atoms with Gasteiger partial charge in [0.15, 0.2) is 0 Å². The number of nitrogens with one attached hydrogen (secondary N) is 4. The van der Waals surface area contributed by atoms with E-state index in [-0.39, 0.29) is 12.3 Å². The van der Waals surface area contributed by atoms with Crippen molar-refractivity contribution >= 4 is 34.6 Å². The molecule has 1 heterocycles. The van der Waals surface area contributed by atoms with Gasteiger partial charge < -0.3 is 31.8 Å². The summed E-state index contributed by atoms with van der Waals surface area (Å²) in [4.78, 5) is 52.6. The molecule has 5 unspecified atom stereocenters. The number of carboxylic acid groups (broad SMARTS) is 1. The summed E-state index contributed by atoms with van der Waals surface area (Å²) in [7, 11) is 0. The van der Waals surface area contributed by atoms with Gasteiger partial charge in [-0.2, -0.15) is 0 Å². The predicted octanol–water partition coefficient (Wildman–Crippen LogP) is 0.663. The van der Waals surface area contributed by atoms with E-state index in [0.717, 1.165) is 16.5 Å². The van der Waals surface area contributed by atoms with Crippen molar-refractivity contribution in [1.29, 1.82) is 0 Å². The number of aliphatic carboxylic acids is 1. The summed E-state index contributed by atoms with van der Waals surface area (Å²) in [6.07, 6.45) is 2.52. The van der Waals surface area contributed by atoms with Crippen molar-refractivity contribution in [3.8, 4) is 0 Å². The molecule has 0 saturated carbocycles. The number of benzene rings is 1. The van der Waals surface area contributed by atoms with Gasteiger partial charge in [-0.05, 0) is 31.4 Å². The number of carbonyl (C=O) groups is 4. The van der Waals surface area contributed by atoms with Crippen molar-refractivity contribution in [3.05, 3.63) is 36.0 Å². The van der Waals surface area contributed by atoms with E-state index in [0.29, 0.717) is 6.42 Å². The minimum Gasteiger partial charge on any atom is -0.480 e. The quantitative estimate of drug-likeness (QED) is 0.289. The summed E-state index contributed by atoms with van der Waals surface area (Å²) in [6, 6.07) is 3.68. The van der Waals surface area contributed by atoms with E-state index < -0.39 is 47.9 Å². The van der Waals surface area contributed by atoms with Crippen LogP contribution in [0.1, 0.15) is 39.7 Å². The highest BCUT2D eigenvalue weighted by Crippen LogP contribution is 2.19. The number of aromatic nitrogens is 1. The number of H-pyrrole nitrogens is 1. The maximum absolute atomic E-state index is 13.2. The van der Waals surface area contributed by atoms with Crippen molar-refractivity contribution in [2.24, 2.45) is 11.7 Å². The fraction of sp³-hybridized carbons (Fsp3) is 0.478. The van der Waals surface area contributed by atoms with Gasteiger partial charge in [-0.1, -0.05) is 38.5 Å². The number of amides is 3. The van der Waals surface area contributed by atoms with Gasteiger partial charge in [-0.15, -0.1) is 0 Å². The molecule has 0 aliphatic rings. The van der Waals surface area contributed by atoms with Crippen LogP contribution in [0.25, 0.3) is 10.9 Å². The fourth-order valence-electron chi connectivity index (χ4n) is 3.35. The van der Waals surface area contributed by atoms with Crippen molar-refractivity contribution in [2.45, 2.75) is 64.7 Å². The SMILES string of the molecule is CCC(C)C(NC(=O)C(Cc1c[nH]c2ccccc12)NC(=O)C(C)N)C(=O)NC(C)C(=O)O. The second-order valence-electron chi connectivity index (χ2n) is 8.35. The monoisotopic (exact) mass is 459 g/mol. The van der Waals surface area contributed by atoms with E-state index in [1.807, 2.05) is 31.2 Å². The molecule has 0 saturated heterocycles. The topological polar surface area (TPSA) is 166 Å². The lowest BCUT2D eigenvalue weighted by Crippen LogP contribution is -2.58. The second-order valence-corrected chi connectivity index (χ2v) is 8.35. The van der Waals surface area contributed by atoms with Crippen LogP contribution in [0, 0.1) is 5.92 Å². The van der Waals surface area contributed by atoms with Crippen molar-refractivity contribution < 1.29 is 24.3 Å². The molecule has 2 rings (SSSR count). The summed E-state index contributed by atoms with van der Waals surface area (Å²) in [5.74, 6) is -3.11. The number of carbonyl (C=O) groups excluding carboxylic acids is 3. The molecule has 33 heavy (non-hydrogen) atoms. The highest BCUT2D eigenvalue weighted by molar-refractivity contribution is 5.94. The average Bonchev–Trinajstić information content (AvgIpc) is 3.18. The Balaban J connectivity index is 2.27. The zero-order valence-electron chi connectivity index (χ0n) is 19.3. The first kappa shape index (κ1) is 25.9. The maximum atomic E-state index is 13.2. The molecule has 0 aliphatic heterocycles. The summed E-state index contributed by atoms with van der Waals surface area (Å²) in [5, 5.41) is 17.8. The Labute approximate surface area is 192 Å². The molecule has 2 aromatic rings. The molecule has 0 aliphatic carbocycles. The molecule has 7 N–H and O–H groups in total. The number of rotatable bonds is 11. The molecular formula is C23H33N5O5. The number of fused-ring (bicyclic) bond motifs is 1. The second kappa shape index (κ2) is 11.5. The Morgan fingerprint density at radius 2 is 1.67 bits per heavy atom. The van der Waals surface area contributed by atoms with Crippen LogP contribution in [0.15, 0.2) is 30.5 Å². The first-order valence-corrected chi connectivity index (χ1v) is 11.0. The minimum atomic E-state index is -1.18. The average molecular weight is 460 g/mol. The Kier molecular flexibility index (Phi) is 8.98. The number of hydrogen-bond donors (Lipinski definition) is 6.